The van der Waals surface area contributed by atoms with Crippen molar-refractivity contribution in [3.05, 3.63) is 48.0 Å². The number of carbonyl (C=O) groups excluding carboxylic acids is 1. The molecule has 1 aliphatic heterocycles. The molecule has 1 aliphatic rings. The second-order valence-corrected chi connectivity index (χ2v) is 7.87. The number of nitrogens with zero attached hydrogens (tertiary/aromatic N) is 1. The van der Waals surface area contributed by atoms with E-state index in [1.54, 1.807) is 42.5 Å². The van der Waals surface area contributed by atoms with Gasteiger partial charge in [0.25, 0.3) is 0 Å². The molecule has 0 spiro atoms. The molecule has 7 nitrogen and oxygen atoms in total. The molecular formula is C18H21N3O4S. The lowest BCUT2D eigenvalue weighted by atomic mass is 10.1. The van der Waals surface area contributed by atoms with E-state index in [1.807, 2.05) is 6.92 Å². The summed E-state index contributed by atoms with van der Waals surface area (Å²) in [5.74, 6) is 0.743. The van der Waals surface area contributed by atoms with Crippen molar-refractivity contribution < 1.29 is 17.9 Å². The first-order chi connectivity index (χ1) is 12.4. The van der Waals surface area contributed by atoms with Gasteiger partial charge in [-0.2, -0.15) is 0 Å². The SMILES string of the molecule is CCOc1ccc(NC(=O)Nc2ccc3c(c2)CCN3S(C)(=O)=O)cc1. The molecule has 0 saturated heterocycles. The van der Waals surface area contributed by atoms with Crippen molar-refractivity contribution in [3.63, 3.8) is 0 Å². The van der Waals surface area contributed by atoms with Gasteiger partial charge in [-0.3, -0.25) is 4.31 Å². The van der Waals surface area contributed by atoms with Gasteiger partial charge in [-0.05, 0) is 61.4 Å². The summed E-state index contributed by atoms with van der Waals surface area (Å²) < 4.78 is 30.3. The van der Waals surface area contributed by atoms with Crippen molar-refractivity contribution in [2.75, 3.05) is 34.3 Å². The Bertz CT molecular complexity index is 911. The molecule has 2 aromatic carbocycles. The first kappa shape index (κ1) is 18.1. The van der Waals surface area contributed by atoms with E-state index in [4.69, 9.17) is 4.74 Å². The molecule has 138 valence electrons. The maximum absolute atomic E-state index is 12.2. The van der Waals surface area contributed by atoms with Crippen LogP contribution in [0.1, 0.15) is 12.5 Å². The molecule has 26 heavy (non-hydrogen) atoms. The van der Waals surface area contributed by atoms with Gasteiger partial charge in [0.05, 0.1) is 18.6 Å². The third-order valence-electron chi connectivity index (χ3n) is 4.01. The molecule has 2 aromatic rings. The number of benzene rings is 2. The minimum atomic E-state index is -3.28. The van der Waals surface area contributed by atoms with Crippen molar-refractivity contribution in [2.45, 2.75) is 13.3 Å². The van der Waals surface area contributed by atoms with E-state index in [2.05, 4.69) is 10.6 Å². The van der Waals surface area contributed by atoms with Crippen LogP contribution < -0.4 is 19.7 Å². The summed E-state index contributed by atoms with van der Waals surface area (Å²) in [4.78, 5) is 12.2. The Morgan fingerprint density at radius 3 is 2.42 bits per heavy atom. The third kappa shape index (κ3) is 4.08. The van der Waals surface area contributed by atoms with Crippen LogP contribution >= 0.6 is 0 Å². The van der Waals surface area contributed by atoms with Crippen LogP contribution in [0.5, 0.6) is 5.75 Å². The summed E-state index contributed by atoms with van der Waals surface area (Å²) in [6.07, 6.45) is 1.82. The average Bonchev–Trinajstić information content (AvgIpc) is 3.00. The fourth-order valence-electron chi connectivity index (χ4n) is 2.89. The molecule has 0 saturated carbocycles. The molecule has 3 rings (SSSR count). The van der Waals surface area contributed by atoms with Gasteiger partial charge >= 0.3 is 6.03 Å². The topological polar surface area (TPSA) is 87.7 Å². The van der Waals surface area contributed by atoms with Crippen LogP contribution in [0.4, 0.5) is 21.9 Å². The number of anilines is 3. The smallest absolute Gasteiger partial charge is 0.323 e. The first-order valence-electron chi connectivity index (χ1n) is 8.28. The first-order valence-corrected chi connectivity index (χ1v) is 10.1. The lowest BCUT2D eigenvalue weighted by Crippen LogP contribution is -2.27. The highest BCUT2D eigenvalue weighted by atomic mass is 32.2. The molecule has 0 bridgehead atoms. The maximum Gasteiger partial charge on any atom is 0.323 e. The van der Waals surface area contributed by atoms with E-state index < -0.39 is 10.0 Å². The second-order valence-electron chi connectivity index (χ2n) is 5.97. The summed E-state index contributed by atoms with van der Waals surface area (Å²) in [6, 6.07) is 11.9. The Balaban J connectivity index is 1.65. The third-order valence-corrected chi connectivity index (χ3v) is 5.19. The van der Waals surface area contributed by atoms with Crippen LogP contribution in [0.15, 0.2) is 42.5 Å². The van der Waals surface area contributed by atoms with Gasteiger partial charge in [0.15, 0.2) is 0 Å². The van der Waals surface area contributed by atoms with E-state index in [0.29, 0.717) is 36.6 Å². The quantitative estimate of drug-likeness (QED) is 0.841. The highest BCUT2D eigenvalue weighted by Gasteiger charge is 2.26. The van der Waals surface area contributed by atoms with Crippen LogP contribution in [0.25, 0.3) is 0 Å². The van der Waals surface area contributed by atoms with Crippen molar-refractivity contribution in [1.82, 2.24) is 0 Å². The molecule has 8 heteroatoms. The predicted octanol–water partition coefficient (Wildman–Crippen LogP) is 3.05. The van der Waals surface area contributed by atoms with Gasteiger partial charge < -0.3 is 15.4 Å². The Morgan fingerprint density at radius 2 is 1.77 bits per heavy atom. The van der Waals surface area contributed by atoms with Crippen LogP contribution in [-0.2, 0) is 16.4 Å². The van der Waals surface area contributed by atoms with E-state index in [-0.39, 0.29) is 6.03 Å². The highest BCUT2D eigenvalue weighted by Crippen LogP contribution is 2.32. The maximum atomic E-state index is 12.2. The molecule has 1 heterocycles. The number of fused-ring (bicyclic) bond motifs is 1. The molecule has 2 amide bonds. The van der Waals surface area contributed by atoms with Gasteiger partial charge in [-0.25, -0.2) is 13.2 Å². The van der Waals surface area contributed by atoms with Gasteiger partial charge in [0.1, 0.15) is 5.75 Å². The van der Waals surface area contributed by atoms with E-state index >= 15 is 0 Å². The molecule has 0 atom stereocenters. The fraction of sp³-hybridized carbons (Fsp3) is 0.278. The van der Waals surface area contributed by atoms with E-state index in [1.165, 1.54) is 10.6 Å². The highest BCUT2D eigenvalue weighted by molar-refractivity contribution is 7.92. The van der Waals surface area contributed by atoms with Gasteiger partial charge in [-0.15, -0.1) is 0 Å². The van der Waals surface area contributed by atoms with Crippen molar-refractivity contribution in [3.8, 4) is 5.75 Å². The Labute approximate surface area is 153 Å². The van der Waals surface area contributed by atoms with Crippen molar-refractivity contribution in [1.29, 1.82) is 0 Å². The standard InChI is InChI=1S/C18H21N3O4S/c1-3-25-16-7-4-14(5-8-16)19-18(22)20-15-6-9-17-13(12-15)10-11-21(17)26(2,23)24/h4-9,12H,3,10-11H2,1-2H3,(H2,19,20,22). The molecular weight excluding hydrogens is 354 g/mol. The zero-order valence-corrected chi connectivity index (χ0v) is 15.5. The number of carbonyl (C=O) groups is 1. The largest absolute Gasteiger partial charge is 0.494 e. The van der Waals surface area contributed by atoms with Gasteiger partial charge in [0, 0.05) is 17.9 Å². The summed E-state index contributed by atoms with van der Waals surface area (Å²) in [7, 11) is -3.28. The number of urea groups is 1. The number of sulfonamides is 1. The summed E-state index contributed by atoms with van der Waals surface area (Å²) in [6.45, 7) is 2.92. The minimum Gasteiger partial charge on any atom is -0.494 e. The molecule has 0 unspecified atom stereocenters. The number of hydrogen-bond donors (Lipinski definition) is 2. The van der Waals surface area contributed by atoms with Gasteiger partial charge in [-0.1, -0.05) is 0 Å². The van der Waals surface area contributed by atoms with Crippen LogP contribution in [-0.4, -0.2) is 33.9 Å². The lowest BCUT2D eigenvalue weighted by molar-refractivity contribution is 0.262. The van der Waals surface area contributed by atoms with Crippen LogP contribution in [0.3, 0.4) is 0 Å². The van der Waals surface area contributed by atoms with Crippen LogP contribution in [0, 0.1) is 0 Å². The molecule has 0 radical (unpaired) electrons. The average molecular weight is 375 g/mol. The fourth-order valence-corrected chi connectivity index (χ4v) is 3.85. The van der Waals surface area contributed by atoms with E-state index in [0.717, 1.165) is 11.3 Å². The van der Waals surface area contributed by atoms with E-state index in [9.17, 15) is 13.2 Å². The summed E-state index contributed by atoms with van der Waals surface area (Å²) in [5.41, 5.74) is 2.83. The number of ether oxygens (including phenoxy) is 1. The number of rotatable bonds is 5. The number of hydrogen-bond acceptors (Lipinski definition) is 4. The Kier molecular flexibility index (Phi) is 5.03. The molecule has 2 N–H and O–H groups in total. The number of amides is 2. The van der Waals surface area contributed by atoms with Crippen LogP contribution in [0.2, 0.25) is 0 Å². The second kappa shape index (κ2) is 7.25. The zero-order chi connectivity index (χ0) is 18.7. The summed E-state index contributed by atoms with van der Waals surface area (Å²) >= 11 is 0. The normalized spacial score (nSPS) is 13.2. The Hall–Kier alpha value is -2.74. The minimum absolute atomic E-state index is 0.368. The summed E-state index contributed by atoms with van der Waals surface area (Å²) in [5, 5.41) is 5.51. The zero-order valence-electron chi connectivity index (χ0n) is 14.7. The predicted molar refractivity (Wildman–Crippen MR) is 103 cm³/mol. The molecule has 0 aromatic heterocycles. The van der Waals surface area contributed by atoms with Crippen molar-refractivity contribution in [2.24, 2.45) is 0 Å². The molecule has 0 fully saturated rings. The molecule has 0 aliphatic carbocycles. The van der Waals surface area contributed by atoms with Gasteiger partial charge in [0.2, 0.25) is 10.0 Å². The lowest BCUT2D eigenvalue weighted by Gasteiger charge is -2.16. The number of nitrogens with one attached hydrogen (secondary N) is 2. The Morgan fingerprint density at radius 1 is 1.12 bits per heavy atom. The van der Waals surface area contributed by atoms with Crippen molar-refractivity contribution >= 4 is 33.1 Å². The monoisotopic (exact) mass is 375 g/mol.